The maximum Gasteiger partial charge on any atom is 0.308 e. The Morgan fingerprint density at radius 2 is 2.15 bits per heavy atom. The first-order valence-corrected chi connectivity index (χ1v) is 3.92. The Hall–Kier alpha value is -1.58. The lowest BCUT2D eigenvalue weighted by atomic mass is 10.1. The molecule has 1 aromatic rings. The second kappa shape index (κ2) is 3.43. The lowest BCUT2D eigenvalue weighted by Gasteiger charge is -2.02. The number of rotatable bonds is 2. The van der Waals surface area contributed by atoms with Crippen molar-refractivity contribution in [2.45, 2.75) is 20.3 Å². The molecule has 0 fully saturated rings. The Bertz CT molecular complexity index is 392. The summed E-state index contributed by atoms with van der Waals surface area (Å²) in [5.74, 6) is -0.988. The van der Waals surface area contributed by atoms with Crippen LogP contribution < -0.4 is 5.56 Å². The van der Waals surface area contributed by atoms with Gasteiger partial charge >= 0.3 is 5.97 Å². The minimum absolute atomic E-state index is 0.221. The number of carboxylic acid groups (broad SMARTS) is 1. The molecular weight excluding hydrogens is 170 g/mol. The molecule has 4 heteroatoms. The van der Waals surface area contributed by atoms with Crippen LogP contribution in [0, 0.1) is 13.8 Å². The van der Waals surface area contributed by atoms with Crippen LogP contribution in [0.5, 0.6) is 0 Å². The molecule has 0 aliphatic heterocycles. The number of aryl methyl sites for hydroxylation is 2. The van der Waals surface area contributed by atoms with Crippen LogP contribution >= 0.6 is 0 Å². The smallest absolute Gasteiger partial charge is 0.308 e. The summed E-state index contributed by atoms with van der Waals surface area (Å²) in [5, 5.41) is 8.53. The van der Waals surface area contributed by atoms with Crippen molar-refractivity contribution in [2.24, 2.45) is 0 Å². The second-order valence-electron chi connectivity index (χ2n) is 3.01. The van der Waals surface area contributed by atoms with Gasteiger partial charge in [-0.3, -0.25) is 9.59 Å². The summed E-state index contributed by atoms with van der Waals surface area (Å²) in [6.45, 7) is 3.50. The normalized spacial score (nSPS) is 10.0. The van der Waals surface area contributed by atoms with Gasteiger partial charge in [-0.25, -0.2) is 0 Å². The highest BCUT2D eigenvalue weighted by Crippen LogP contribution is 2.03. The van der Waals surface area contributed by atoms with Gasteiger partial charge in [0.25, 0.3) is 5.56 Å². The lowest BCUT2D eigenvalue weighted by Crippen LogP contribution is -2.18. The molecule has 0 aromatic carbocycles. The van der Waals surface area contributed by atoms with Crippen LogP contribution in [-0.2, 0) is 11.2 Å². The molecule has 0 unspecified atom stereocenters. The van der Waals surface area contributed by atoms with Gasteiger partial charge < -0.3 is 10.1 Å². The summed E-state index contributed by atoms with van der Waals surface area (Å²) in [7, 11) is 0. The summed E-state index contributed by atoms with van der Waals surface area (Å²) < 4.78 is 0. The SMILES string of the molecule is Cc1cc(C)c(CC(=O)O)c(=O)[nH]1. The predicted octanol–water partition coefficient (Wildman–Crippen LogP) is 0.619. The molecular formula is C9H11NO3. The molecule has 0 atom stereocenters. The Kier molecular flexibility index (Phi) is 2.51. The van der Waals surface area contributed by atoms with E-state index in [9.17, 15) is 9.59 Å². The van der Waals surface area contributed by atoms with Crippen LogP contribution in [-0.4, -0.2) is 16.1 Å². The highest BCUT2D eigenvalue weighted by atomic mass is 16.4. The van der Waals surface area contributed by atoms with Gasteiger partial charge in [0.2, 0.25) is 0 Å². The van der Waals surface area contributed by atoms with Gasteiger partial charge in [-0.15, -0.1) is 0 Å². The third kappa shape index (κ3) is 2.18. The number of aliphatic carboxylic acids is 1. The minimum atomic E-state index is -0.988. The first-order chi connectivity index (χ1) is 6.00. The van der Waals surface area contributed by atoms with Gasteiger partial charge in [-0.2, -0.15) is 0 Å². The number of carbonyl (C=O) groups is 1. The summed E-state index contributed by atoms with van der Waals surface area (Å²) in [6, 6.07) is 1.76. The van der Waals surface area contributed by atoms with Gasteiger partial charge in [0.15, 0.2) is 0 Å². The zero-order chi connectivity index (χ0) is 10.0. The second-order valence-corrected chi connectivity index (χ2v) is 3.01. The summed E-state index contributed by atoms with van der Waals surface area (Å²) in [6.07, 6.45) is -0.221. The van der Waals surface area contributed by atoms with Crippen molar-refractivity contribution in [1.82, 2.24) is 4.98 Å². The molecule has 0 saturated heterocycles. The van der Waals surface area contributed by atoms with Gasteiger partial charge in [0, 0.05) is 11.3 Å². The number of aromatic nitrogens is 1. The van der Waals surface area contributed by atoms with Crippen LogP contribution in [0.25, 0.3) is 0 Å². The molecule has 1 aromatic heterocycles. The Morgan fingerprint density at radius 3 is 2.62 bits per heavy atom. The number of hydrogen-bond donors (Lipinski definition) is 2. The number of H-pyrrole nitrogens is 1. The van der Waals surface area contributed by atoms with E-state index in [0.717, 1.165) is 11.3 Å². The highest BCUT2D eigenvalue weighted by Gasteiger charge is 2.08. The first-order valence-electron chi connectivity index (χ1n) is 3.92. The average molecular weight is 181 g/mol. The molecule has 13 heavy (non-hydrogen) atoms. The van der Waals surface area contributed by atoms with Gasteiger partial charge in [0.1, 0.15) is 0 Å². The molecule has 0 bridgehead atoms. The molecule has 0 aliphatic carbocycles. The molecule has 0 amide bonds. The van der Waals surface area contributed by atoms with Gasteiger partial charge in [-0.1, -0.05) is 0 Å². The highest BCUT2D eigenvalue weighted by molar-refractivity contribution is 5.70. The van der Waals surface area contributed by atoms with Crippen molar-refractivity contribution >= 4 is 5.97 Å². The Balaban J connectivity index is 3.21. The Morgan fingerprint density at radius 1 is 1.54 bits per heavy atom. The maximum absolute atomic E-state index is 11.3. The third-order valence-corrected chi connectivity index (χ3v) is 1.82. The fraction of sp³-hybridized carbons (Fsp3) is 0.333. The van der Waals surface area contributed by atoms with Crippen molar-refractivity contribution in [3.05, 3.63) is 33.2 Å². The van der Waals surface area contributed by atoms with Crippen LogP contribution in [0.15, 0.2) is 10.9 Å². The van der Waals surface area contributed by atoms with E-state index in [0.29, 0.717) is 5.56 Å². The zero-order valence-corrected chi connectivity index (χ0v) is 7.55. The van der Waals surface area contributed by atoms with Crippen molar-refractivity contribution < 1.29 is 9.90 Å². The standard InChI is InChI=1S/C9H11NO3/c1-5-3-6(2)10-9(13)7(5)4-8(11)12/h3H,4H2,1-2H3,(H,10,13)(H,11,12). The zero-order valence-electron chi connectivity index (χ0n) is 7.55. The molecule has 4 nitrogen and oxygen atoms in total. The van der Waals surface area contributed by atoms with Crippen molar-refractivity contribution in [2.75, 3.05) is 0 Å². The lowest BCUT2D eigenvalue weighted by molar-refractivity contribution is -0.136. The molecule has 1 heterocycles. The van der Waals surface area contributed by atoms with Gasteiger partial charge in [-0.05, 0) is 25.5 Å². The van der Waals surface area contributed by atoms with Crippen molar-refractivity contribution in [3.8, 4) is 0 Å². The molecule has 0 saturated carbocycles. The van der Waals surface area contributed by atoms with Crippen LogP contribution in [0.2, 0.25) is 0 Å². The van der Waals surface area contributed by atoms with Crippen molar-refractivity contribution in [1.29, 1.82) is 0 Å². The molecule has 1 rings (SSSR count). The number of aromatic amines is 1. The molecule has 70 valence electrons. The van der Waals surface area contributed by atoms with E-state index in [2.05, 4.69) is 4.98 Å². The fourth-order valence-corrected chi connectivity index (χ4v) is 1.25. The first kappa shape index (κ1) is 9.51. The largest absolute Gasteiger partial charge is 0.481 e. The third-order valence-electron chi connectivity index (χ3n) is 1.82. The summed E-state index contributed by atoms with van der Waals surface area (Å²) in [5.41, 5.74) is 1.50. The summed E-state index contributed by atoms with van der Waals surface area (Å²) in [4.78, 5) is 24.2. The van der Waals surface area contributed by atoms with E-state index in [-0.39, 0.29) is 12.0 Å². The fourth-order valence-electron chi connectivity index (χ4n) is 1.25. The quantitative estimate of drug-likeness (QED) is 0.702. The van der Waals surface area contributed by atoms with Crippen LogP contribution in [0.3, 0.4) is 0 Å². The monoisotopic (exact) mass is 181 g/mol. The van der Waals surface area contributed by atoms with Gasteiger partial charge in [0.05, 0.1) is 6.42 Å². The molecule has 0 radical (unpaired) electrons. The van der Waals surface area contributed by atoms with Crippen molar-refractivity contribution in [3.63, 3.8) is 0 Å². The van der Waals surface area contributed by atoms with E-state index in [1.54, 1.807) is 19.9 Å². The summed E-state index contributed by atoms with van der Waals surface area (Å²) >= 11 is 0. The number of nitrogens with one attached hydrogen (secondary N) is 1. The van der Waals surface area contributed by atoms with Crippen LogP contribution in [0.1, 0.15) is 16.8 Å². The number of hydrogen-bond acceptors (Lipinski definition) is 2. The van der Waals surface area contributed by atoms with E-state index in [1.165, 1.54) is 0 Å². The van der Waals surface area contributed by atoms with E-state index < -0.39 is 5.97 Å². The molecule has 0 aliphatic rings. The van der Waals surface area contributed by atoms with E-state index >= 15 is 0 Å². The number of carboxylic acids is 1. The van der Waals surface area contributed by atoms with E-state index in [4.69, 9.17) is 5.11 Å². The average Bonchev–Trinajstić information content (AvgIpc) is 1.96. The Labute approximate surface area is 75.2 Å². The number of pyridine rings is 1. The van der Waals surface area contributed by atoms with E-state index in [1.807, 2.05) is 0 Å². The topological polar surface area (TPSA) is 70.2 Å². The van der Waals surface area contributed by atoms with Crippen LogP contribution in [0.4, 0.5) is 0 Å². The predicted molar refractivity (Wildman–Crippen MR) is 47.9 cm³/mol. The maximum atomic E-state index is 11.3. The molecule has 2 N–H and O–H groups in total. The molecule has 0 spiro atoms. The minimum Gasteiger partial charge on any atom is -0.481 e.